The van der Waals surface area contributed by atoms with Crippen molar-refractivity contribution in [3.63, 3.8) is 0 Å². The van der Waals surface area contributed by atoms with E-state index in [2.05, 4.69) is 20.5 Å². The Kier molecular flexibility index (Phi) is 3.11. The highest BCUT2D eigenvalue weighted by molar-refractivity contribution is 7.14. The highest BCUT2D eigenvalue weighted by atomic mass is 32.1. The predicted molar refractivity (Wildman–Crippen MR) is 77.4 cm³/mol. The zero-order valence-electron chi connectivity index (χ0n) is 10.9. The number of fused-ring (bicyclic) bond motifs is 1. The fraction of sp³-hybridized carbons (Fsp3) is 0.154. The Morgan fingerprint density at radius 2 is 2.30 bits per heavy atom. The molecule has 1 aromatic carbocycles. The number of hydrogen-bond donors (Lipinski definition) is 2. The average molecular weight is 288 g/mol. The van der Waals surface area contributed by atoms with Gasteiger partial charge in [-0.05, 0) is 13.0 Å². The molecule has 0 radical (unpaired) electrons. The number of thiazole rings is 1. The largest absolute Gasteiger partial charge is 0.494 e. The molecule has 0 saturated heterocycles. The number of para-hydroxylation sites is 1. The average Bonchev–Trinajstić information content (AvgIpc) is 3.05. The molecule has 7 heteroatoms. The summed E-state index contributed by atoms with van der Waals surface area (Å²) >= 11 is 1.38. The van der Waals surface area contributed by atoms with Crippen molar-refractivity contribution in [2.24, 2.45) is 0 Å². The number of aromatic nitrogens is 3. The van der Waals surface area contributed by atoms with E-state index in [1.54, 1.807) is 12.6 Å². The highest BCUT2D eigenvalue weighted by Gasteiger charge is 2.17. The molecule has 0 bridgehead atoms. The maximum absolute atomic E-state index is 12.3. The van der Waals surface area contributed by atoms with Crippen molar-refractivity contribution in [2.45, 2.75) is 6.92 Å². The summed E-state index contributed by atoms with van der Waals surface area (Å²) in [5.74, 6) is 0.389. The number of amides is 1. The van der Waals surface area contributed by atoms with Crippen LogP contribution < -0.4 is 10.1 Å². The molecule has 2 N–H and O–H groups in total. The summed E-state index contributed by atoms with van der Waals surface area (Å²) in [5.41, 5.74) is 3.53. The first-order chi connectivity index (χ1) is 9.70. The van der Waals surface area contributed by atoms with Crippen LogP contribution in [0.25, 0.3) is 10.9 Å². The maximum Gasteiger partial charge on any atom is 0.277 e. The van der Waals surface area contributed by atoms with Gasteiger partial charge >= 0.3 is 0 Å². The predicted octanol–water partition coefficient (Wildman–Crippen LogP) is 2.59. The van der Waals surface area contributed by atoms with E-state index in [9.17, 15) is 4.79 Å². The van der Waals surface area contributed by atoms with Gasteiger partial charge in [0.2, 0.25) is 0 Å². The SMILES string of the molecule is COc1cccc2c(C(=O)Nc3scnc3C)n[nH]c12. The van der Waals surface area contributed by atoms with E-state index in [1.165, 1.54) is 11.3 Å². The molecule has 0 atom stereocenters. The van der Waals surface area contributed by atoms with E-state index in [4.69, 9.17) is 4.74 Å². The topological polar surface area (TPSA) is 79.9 Å². The Hall–Kier alpha value is -2.41. The van der Waals surface area contributed by atoms with E-state index < -0.39 is 0 Å². The van der Waals surface area contributed by atoms with Crippen LogP contribution >= 0.6 is 11.3 Å². The van der Waals surface area contributed by atoms with Crippen LogP contribution in [0.4, 0.5) is 5.00 Å². The van der Waals surface area contributed by atoms with Crippen LogP contribution in [0, 0.1) is 6.92 Å². The number of ether oxygens (including phenoxy) is 1. The third-order valence-electron chi connectivity index (χ3n) is 2.97. The molecule has 3 rings (SSSR count). The van der Waals surface area contributed by atoms with Gasteiger partial charge in [0.1, 0.15) is 16.3 Å². The fourth-order valence-corrected chi connectivity index (χ4v) is 2.63. The lowest BCUT2D eigenvalue weighted by Crippen LogP contribution is -2.12. The van der Waals surface area contributed by atoms with Gasteiger partial charge in [-0.3, -0.25) is 9.89 Å². The number of aryl methyl sites for hydroxylation is 1. The van der Waals surface area contributed by atoms with Crippen LogP contribution in [0.5, 0.6) is 5.75 Å². The molecule has 0 saturated carbocycles. The van der Waals surface area contributed by atoms with Crippen LogP contribution in [-0.4, -0.2) is 28.2 Å². The molecule has 102 valence electrons. The lowest BCUT2D eigenvalue weighted by atomic mass is 10.2. The summed E-state index contributed by atoms with van der Waals surface area (Å²) in [5, 5.41) is 11.2. The van der Waals surface area contributed by atoms with Gasteiger partial charge in [0.15, 0.2) is 5.69 Å². The first-order valence-electron chi connectivity index (χ1n) is 5.93. The zero-order valence-corrected chi connectivity index (χ0v) is 11.7. The molecular weight excluding hydrogens is 276 g/mol. The van der Waals surface area contributed by atoms with Crippen molar-refractivity contribution in [1.82, 2.24) is 15.2 Å². The Labute approximate surface area is 118 Å². The molecule has 0 aliphatic heterocycles. The minimum absolute atomic E-state index is 0.267. The Morgan fingerprint density at radius 1 is 1.45 bits per heavy atom. The normalized spacial score (nSPS) is 10.7. The Bertz CT molecular complexity index is 778. The third-order valence-corrected chi connectivity index (χ3v) is 3.81. The van der Waals surface area contributed by atoms with Crippen molar-refractivity contribution in [3.05, 3.63) is 35.1 Å². The molecule has 3 aromatic rings. The number of nitrogens with one attached hydrogen (secondary N) is 2. The number of hydrogen-bond acceptors (Lipinski definition) is 5. The number of H-pyrrole nitrogens is 1. The second-order valence-corrected chi connectivity index (χ2v) is 5.03. The van der Waals surface area contributed by atoms with Crippen LogP contribution in [0.2, 0.25) is 0 Å². The number of carbonyl (C=O) groups is 1. The molecule has 1 amide bonds. The second-order valence-electron chi connectivity index (χ2n) is 4.18. The van der Waals surface area contributed by atoms with Crippen molar-refractivity contribution < 1.29 is 9.53 Å². The second kappa shape index (κ2) is 4.93. The Morgan fingerprint density at radius 3 is 3.00 bits per heavy atom. The van der Waals surface area contributed by atoms with Gasteiger partial charge in [-0.15, -0.1) is 11.3 Å². The van der Waals surface area contributed by atoms with Crippen LogP contribution in [0.15, 0.2) is 23.7 Å². The summed E-state index contributed by atoms with van der Waals surface area (Å²) in [4.78, 5) is 16.4. The van der Waals surface area contributed by atoms with Crippen molar-refractivity contribution in [1.29, 1.82) is 0 Å². The first kappa shape index (κ1) is 12.6. The molecular formula is C13H12N4O2S. The number of methoxy groups -OCH3 is 1. The Balaban J connectivity index is 1.98. The molecule has 0 fully saturated rings. The number of anilines is 1. The number of rotatable bonds is 3. The van der Waals surface area contributed by atoms with E-state index in [0.29, 0.717) is 17.0 Å². The quantitative estimate of drug-likeness (QED) is 0.776. The summed E-state index contributed by atoms with van der Waals surface area (Å²) in [6.07, 6.45) is 0. The molecule has 6 nitrogen and oxygen atoms in total. The van der Waals surface area contributed by atoms with Crippen molar-refractivity contribution in [2.75, 3.05) is 12.4 Å². The fourth-order valence-electron chi connectivity index (χ4n) is 1.94. The lowest BCUT2D eigenvalue weighted by Gasteiger charge is -2.02. The van der Waals surface area contributed by atoms with Crippen molar-refractivity contribution in [3.8, 4) is 5.75 Å². The minimum atomic E-state index is -0.267. The molecule has 20 heavy (non-hydrogen) atoms. The minimum Gasteiger partial charge on any atom is -0.494 e. The van der Waals surface area contributed by atoms with Crippen LogP contribution in [-0.2, 0) is 0 Å². The molecule has 2 heterocycles. The molecule has 0 spiro atoms. The molecule has 0 aliphatic rings. The number of carbonyl (C=O) groups excluding carboxylic acids is 1. The van der Waals surface area contributed by atoms with Gasteiger partial charge in [-0.2, -0.15) is 5.10 Å². The van der Waals surface area contributed by atoms with E-state index in [1.807, 2.05) is 25.1 Å². The maximum atomic E-state index is 12.3. The summed E-state index contributed by atoms with van der Waals surface area (Å²) < 4.78 is 5.23. The summed E-state index contributed by atoms with van der Waals surface area (Å²) in [6, 6.07) is 5.47. The number of benzene rings is 1. The van der Waals surface area contributed by atoms with Gasteiger partial charge in [-0.25, -0.2) is 4.98 Å². The first-order valence-corrected chi connectivity index (χ1v) is 6.81. The standard InChI is InChI=1S/C13H12N4O2S/c1-7-13(20-6-14-7)15-12(18)11-8-4-3-5-9(19-2)10(8)16-17-11/h3-6H,1-2H3,(H,15,18)(H,16,17). The number of aromatic amines is 1. The highest BCUT2D eigenvalue weighted by Crippen LogP contribution is 2.26. The molecule has 0 aliphatic carbocycles. The summed E-state index contributed by atoms with van der Waals surface area (Å²) in [7, 11) is 1.58. The van der Waals surface area contributed by atoms with Gasteiger partial charge < -0.3 is 10.1 Å². The van der Waals surface area contributed by atoms with E-state index >= 15 is 0 Å². The van der Waals surface area contributed by atoms with Gasteiger partial charge in [0.05, 0.1) is 18.3 Å². The van der Waals surface area contributed by atoms with E-state index in [-0.39, 0.29) is 5.91 Å². The van der Waals surface area contributed by atoms with E-state index in [0.717, 1.165) is 16.1 Å². The van der Waals surface area contributed by atoms with Crippen molar-refractivity contribution >= 4 is 33.1 Å². The van der Waals surface area contributed by atoms with Gasteiger partial charge in [0.25, 0.3) is 5.91 Å². The molecule has 0 unspecified atom stereocenters. The third kappa shape index (κ3) is 2.01. The molecule has 2 aromatic heterocycles. The van der Waals surface area contributed by atoms with Gasteiger partial charge in [0, 0.05) is 5.39 Å². The zero-order chi connectivity index (χ0) is 14.1. The lowest BCUT2D eigenvalue weighted by molar-refractivity contribution is 0.102. The van der Waals surface area contributed by atoms with Crippen LogP contribution in [0.3, 0.4) is 0 Å². The monoisotopic (exact) mass is 288 g/mol. The van der Waals surface area contributed by atoms with Gasteiger partial charge in [-0.1, -0.05) is 12.1 Å². The summed E-state index contributed by atoms with van der Waals surface area (Å²) in [6.45, 7) is 1.85. The van der Waals surface area contributed by atoms with Crippen LogP contribution in [0.1, 0.15) is 16.2 Å². The number of nitrogens with zero attached hydrogens (tertiary/aromatic N) is 2. The smallest absolute Gasteiger partial charge is 0.277 e.